The SMILES string of the molecule is NC(=O)c1ccccc1OCCNC(=O)c1cc2cc(OC3CCNCC3)ccc2o1. The van der Waals surface area contributed by atoms with E-state index in [0.717, 1.165) is 37.1 Å². The first-order chi connectivity index (χ1) is 15.1. The van der Waals surface area contributed by atoms with Gasteiger partial charge < -0.3 is 30.3 Å². The van der Waals surface area contributed by atoms with E-state index >= 15 is 0 Å². The Morgan fingerprint density at radius 1 is 1.13 bits per heavy atom. The van der Waals surface area contributed by atoms with Gasteiger partial charge in [0, 0.05) is 5.39 Å². The van der Waals surface area contributed by atoms with Crippen molar-refractivity contribution in [1.82, 2.24) is 10.6 Å². The minimum absolute atomic E-state index is 0.185. The van der Waals surface area contributed by atoms with Gasteiger partial charge in [-0.1, -0.05) is 12.1 Å². The molecule has 0 saturated carbocycles. The third kappa shape index (κ3) is 5.16. The average molecular weight is 423 g/mol. The lowest BCUT2D eigenvalue weighted by atomic mass is 10.1. The average Bonchev–Trinajstić information content (AvgIpc) is 3.21. The molecule has 1 aliphatic heterocycles. The van der Waals surface area contributed by atoms with Crippen LogP contribution in [0.1, 0.15) is 33.8 Å². The van der Waals surface area contributed by atoms with Crippen LogP contribution in [0.15, 0.2) is 52.9 Å². The number of piperidine rings is 1. The molecule has 0 radical (unpaired) electrons. The maximum Gasteiger partial charge on any atom is 0.287 e. The number of rotatable bonds is 8. The highest BCUT2D eigenvalue weighted by molar-refractivity contribution is 5.96. The van der Waals surface area contributed by atoms with Gasteiger partial charge >= 0.3 is 0 Å². The summed E-state index contributed by atoms with van der Waals surface area (Å²) < 4.78 is 17.3. The summed E-state index contributed by atoms with van der Waals surface area (Å²) in [6, 6.07) is 14.0. The van der Waals surface area contributed by atoms with Crippen LogP contribution in [-0.4, -0.2) is 44.2 Å². The van der Waals surface area contributed by atoms with Gasteiger partial charge in [-0.05, 0) is 62.3 Å². The summed E-state index contributed by atoms with van der Waals surface area (Å²) in [5.74, 6) is 0.462. The van der Waals surface area contributed by atoms with Gasteiger partial charge in [0.15, 0.2) is 5.76 Å². The second kappa shape index (κ2) is 9.53. The molecule has 1 aromatic heterocycles. The second-order valence-corrected chi connectivity index (χ2v) is 7.34. The van der Waals surface area contributed by atoms with Gasteiger partial charge in [-0.3, -0.25) is 9.59 Å². The largest absolute Gasteiger partial charge is 0.491 e. The van der Waals surface area contributed by atoms with Crippen LogP contribution in [0.2, 0.25) is 0 Å². The number of primary amides is 1. The van der Waals surface area contributed by atoms with Crippen molar-refractivity contribution in [1.29, 1.82) is 0 Å². The van der Waals surface area contributed by atoms with E-state index in [1.165, 1.54) is 0 Å². The van der Waals surface area contributed by atoms with Gasteiger partial charge in [-0.25, -0.2) is 0 Å². The zero-order valence-corrected chi connectivity index (χ0v) is 17.1. The van der Waals surface area contributed by atoms with Gasteiger partial charge in [0.05, 0.1) is 12.1 Å². The number of furan rings is 1. The van der Waals surface area contributed by atoms with Crippen LogP contribution in [0.5, 0.6) is 11.5 Å². The summed E-state index contributed by atoms with van der Waals surface area (Å²) in [5, 5.41) is 6.87. The van der Waals surface area contributed by atoms with Gasteiger partial charge in [0.25, 0.3) is 11.8 Å². The van der Waals surface area contributed by atoms with E-state index in [0.29, 0.717) is 16.9 Å². The molecule has 31 heavy (non-hydrogen) atoms. The Kier molecular flexibility index (Phi) is 6.37. The summed E-state index contributed by atoms with van der Waals surface area (Å²) in [4.78, 5) is 23.8. The van der Waals surface area contributed by atoms with Crippen molar-refractivity contribution in [2.75, 3.05) is 26.2 Å². The predicted molar refractivity (Wildman–Crippen MR) is 116 cm³/mol. The van der Waals surface area contributed by atoms with Crippen LogP contribution in [0.25, 0.3) is 11.0 Å². The molecular formula is C23H25N3O5. The van der Waals surface area contributed by atoms with Gasteiger partial charge in [-0.15, -0.1) is 0 Å². The van der Waals surface area contributed by atoms with Crippen LogP contribution >= 0.6 is 0 Å². The molecule has 8 nitrogen and oxygen atoms in total. The molecule has 2 heterocycles. The first-order valence-electron chi connectivity index (χ1n) is 10.3. The van der Waals surface area contributed by atoms with E-state index in [4.69, 9.17) is 19.6 Å². The van der Waals surface area contributed by atoms with Crippen molar-refractivity contribution in [3.8, 4) is 11.5 Å². The highest BCUT2D eigenvalue weighted by Gasteiger charge is 2.16. The van der Waals surface area contributed by atoms with Crippen molar-refractivity contribution in [2.24, 2.45) is 5.73 Å². The molecule has 0 spiro atoms. The summed E-state index contributed by atoms with van der Waals surface area (Å²) in [6.07, 6.45) is 2.15. The zero-order valence-electron chi connectivity index (χ0n) is 17.1. The maximum atomic E-state index is 12.4. The highest BCUT2D eigenvalue weighted by Crippen LogP contribution is 2.26. The summed E-state index contributed by atoms with van der Waals surface area (Å²) in [7, 11) is 0. The number of nitrogens with one attached hydrogen (secondary N) is 2. The zero-order chi connectivity index (χ0) is 21.6. The molecule has 1 aliphatic rings. The summed E-state index contributed by atoms with van der Waals surface area (Å²) in [6.45, 7) is 2.35. The fourth-order valence-corrected chi connectivity index (χ4v) is 3.52. The van der Waals surface area contributed by atoms with Gasteiger partial charge in [-0.2, -0.15) is 0 Å². The van der Waals surface area contributed by atoms with E-state index in [2.05, 4.69) is 10.6 Å². The standard InChI is InChI=1S/C23H25N3O5/c24-22(27)18-3-1-2-4-20(18)29-12-11-26-23(28)21-14-15-13-17(5-6-19(15)31-21)30-16-7-9-25-10-8-16/h1-6,13-14,16,25H,7-12H2,(H2,24,27)(H,26,28). The molecule has 8 heteroatoms. The molecular weight excluding hydrogens is 398 g/mol. The molecule has 1 fully saturated rings. The van der Waals surface area contributed by atoms with Crippen LogP contribution < -0.4 is 25.8 Å². The van der Waals surface area contributed by atoms with Crippen LogP contribution in [0.3, 0.4) is 0 Å². The van der Waals surface area contributed by atoms with Crippen LogP contribution in [-0.2, 0) is 0 Å². The Morgan fingerprint density at radius 2 is 1.94 bits per heavy atom. The number of nitrogens with two attached hydrogens (primary N) is 1. The number of hydrogen-bond acceptors (Lipinski definition) is 6. The summed E-state index contributed by atoms with van der Waals surface area (Å²) in [5.41, 5.74) is 6.25. The molecule has 2 amide bonds. The fourth-order valence-electron chi connectivity index (χ4n) is 3.52. The Labute approximate surface area is 179 Å². The molecule has 4 rings (SSSR count). The Balaban J connectivity index is 1.32. The number of fused-ring (bicyclic) bond motifs is 1. The van der Waals surface area contributed by atoms with Crippen molar-refractivity contribution in [3.63, 3.8) is 0 Å². The van der Waals surface area contributed by atoms with Crippen LogP contribution in [0, 0.1) is 0 Å². The monoisotopic (exact) mass is 423 g/mol. The van der Waals surface area contributed by atoms with Crippen molar-refractivity contribution < 1.29 is 23.5 Å². The quantitative estimate of drug-likeness (QED) is 0.480. The third-order valence-electron chi connectivity index (χ3n) is 5.10. The smallest absolute Gasteiger partial charge is 0.287 e. The lowest BCUT2D eigenvalue weighted by Crippen LogP contribution is -2.34. The Hall–Kier alpha value is -3.52. The number of carbonyl (C=O) groups is 2. The first-order valence-corrected chi connectivity index (χ1v) is 10.3. The molecule has 2 aromatic carbocycles. The number of ether oxygens (including phenoxy) is 2. The minimum atomic E-state index is -0.564. The first kappa shape index (κ1) is 20.7. The Morgan fingerprint density at radius 3 is 2.74 bits per heavy atom. The van der Waals surface area contributed by atoms with E-state index in [1.54, 1.807) is 30.3 Å². The molecule has 0 atom stereocenters. The van der Waals surface area contributed by atoms with Crippen molar-refractivity contribution in [2.45, 2.75) is 18.9 Å². The second-order valence-electron chi connectivity index (χ2n) is 7.34. The van der Waals surface area contributed by atoms with Gasteiger partial charge in [0.2, 0.25) is 0 Å². The predicted octanol–water partition coefficient (Wildman–Crippen LogP) is 2.47. The summed E-state index contributed by atoms with van der Waals surface area (Å²) >= 11 is 0. The van der Waals surface area contributed by atoms with Crippen molar-refractivity contribution in [3.05, 3.63) is 59.9 Å². The molecule has 1 saturated heterocycles. The molecule has 0 aliphatic carbocycles. The topological polar surface area (TPSA) is 116 Å². The molecule has 4 N–H and O–H groups in total. The van der Waals surface area contributed by atoms with Gasteiger partial charge in [0.1, 0.15) is 29.8 Å². The molecule has 0 unspecified atom stereocenters. The Bertz CT molecular complexity index is 1070. The molecule has 3 aromatic rings. The number of hydrogen-bond donors (Lipinski definition) is 3. The molecule has 162 valence electrons. The number of carbonyl (C=O) groups excluding carboxylic acids is 2. The number of para-hydroxylation sites is 1. The van der Waals surface area contributed by atoms with E-state index in [9.17, 15) is 9.59 Å². The third-order valence-corrected chi connectivity index (χ3v) is 5.10. The number of benzene rings is 2. The molecule has 0 bridgehead atoms. The lowest BCUT2D eigenvalue weighted by Gasteiger charge is -2.23. The minimum Gasteiger partial charge on any atom is -0.491 e. The maximum absolute atomic E-state index is 12.4. The highest BCUT2D eigenvalue weighted by atomic mass is 16.5. The van der Waals surface area contributed by atoms with Crippen molar-refractivity contribution >= 4 is 22.8 Å². The lowest BCUT2D eigenvalue weighted by molar-refractivity contribution is 0.0918. The van der Waals surface area contributed by atoms with Crippen LogP contribution in [0.4, 0.5) is 0 Å². The van der Waals surface area contributed by atoms with E-state index in [-0.39, 0.29) is 30.9 Å². The normalized spacial score (nSPS) is 14.3. The van der Waals surface area contributed by atoms with E-state index < -0.39 is 5.91 Å². The number of amides is 2. The fraction of sp³-hybridized carbons (Fsp3) is 0.304. The van der Waals surface area contributed by atoms with E-state index in [1.807, 2.05) is 18.2 Å².